The molecule has 0 spiro atoms. The summed E-state index contributed by atoms with van der Waals surface area (Å²) in [4.78, 5) is -0.0277. The Hall–Kier alpha value is -1.11. The molecule has 3 nitrogen and oxygen atoms in total. The first-order valence-corrected chi connectivity index (χ1v) is 8.33. The van der Waals surface area contributed by atoms with E-state index in [9.17, 15) is 12.8 Å². The van der Waals surface area contributed by atoms with E-state index in [1.54, 1.807) is 6.07 Å². The Labute approximate surface area is 129 Å². The van der Waals surface area contributed by atoms with Crippen LogP contribution in [-0.4, -0.2) is 8.42 Å². The minimum atomic E-state index is -3.74. The van der Waals surface area contributed by atoms with Gasteiger partial charge in [-0.05, 0) is 36.4 Å². The smallest absolute Gasteiger partial charge is 0.184 e. The number of rotatable bonds is 3. The summed E-state index contributed by atoms with van der Waals surface area (Å²) in [6.45, 7) is 0. The molecule has 106 valence electrons. The van der Waals surface area contributed by atoms with Crippen LogP contribution >= 0.6 is 27.5 Å². The molecule has 0 aliphatic heterocycles. The number of nitrogens with two attached hydrogens (primary N) is 1. The molecule has 0 heterocycles. The number of sulfone groups is 1. The summed E-state index contributed by atoms with van der Waals surface area (Å²) < 4.78 is 38.9. The van der Waals surface area contributed by atoms with Crippen LogP contribution < -0.4 is 5.73 Å². The largest absolute Gasteiger partial charge is 0.398 e. The van der Waals surface area contributed by atoms with Gasteiger partial charge in [-0.25, -0.2) is 12.8 Å². The third kappa shape index (κ3) is 3.31. The van der Waals surface area contributed by atoms with Crippen LogP contribution in [0.5, 0.6) is 0 Å². The van der Waals surface area contributed by atoms with Crippen molar-refractivity contribution in [2.24, 2.45) is 0 Å². The highest BCUT2D eigenvalue weighted by Gasteiger charge is 2.20. The molecule has 0 bridgehead atoms. The number of hydrogen-bond acceptors (Lipinski definition) is 3. The van der Waals surface area contributed by atoms with Crippen LogP contribution in [-0.2, 0) is 15.6 Å². The SMILES string of the molecule is Nc1cc(Br)ccc1S(=O)(=O)Cc1cc(Cl)ccc1F. The quantitative estimate of drug-likeness (QED) is 0.827. The molecule has 0 amide bonds. The monoisotopic (exact) mass is 377 g/mol. The van der Waals surface area contributed by atoms with E-state index in [0.29, 0.717) is 4.47 Å². The minimum Gasteiger partial charge on any atom is -0.398 e. The second-order valence-electron chi connectivity index (χ2n) is 4.18. The van der Waals surface area contributed by atoms with E-state index in [2.05, 4.69) is 15.9 Å². The van der Waals surface area contributed by atoms with Crippen molar-refractivity contribution >= 4 is 43.1 Å². The molecule has 2 N–H and O–H groups in total. The van der Waals surface area contributed by atoms with Gasteiger partial charge in [0.2, 0.25) is 0 Å². The average Bonchev–Trinajstić information content (AvgIpc) is 2.33. The summed E-state index contributed by atoms with van der Waals surface area (Å²) >= 11 is 8.95. The maximum absolute atomic E-state index is 13.6. The number of nitrogen functional groups attached to an aromatic ring is 1. The molecule has 0 radical (unpaired) electrons. The molecule has 0 saturated carbocycles. The number of anilines is 1. The second kappa shape index (κ2) is 5.71. The Morgan fingerprint density at radius 3 is 2.55 bits per heavy atom. The van der Waals surface area contributed by atoms with Gasteiger partial charge >= 0.3 is 0 Å². The first kappa shape index (κ1) is 15.3. The van der Waals surface area contributed by atoms with E-state index < -0.39 is 21.4 Å². The Morgan fingerprint density at radius 1 is 1.20 bits per heavy atom. The van der Waals surface area contributed by atoms with Crippen molar-refractivity contribution in [3.05, 3.63) is 57.3 Å². The van der Waals surface area contributed by atoms with E-state index in [4.69, 9.17) is 17.3 Å². The Bertz CT molecular complexity index is 765. The molecule has 0 atom stereocenters. The van der Waals surface area contributed by atoms with Gasteiger partial charge in [0.15, 0.2) is 9.84 Å². The van der Waals surface area contributed by atoms with Crippen LogP contribution in [0.2, 0.25) is 5.02 Å². The molecule has 20 heavy (non-hydrogen) atoms. The van der Waals surface area contributed by atoms with Crippen molar-refractivity contribution in [2.45, 2.75) is 10.6 Å². The van der Waals surface area contributed by atoms with E-state index in [1.807, 2.05) is 0 Å². The maximum Gasteiger partial charge on any atom is 0.184 e. The highest BCUT2D eigenvalue weighted by Crippen LogP contribution is 2.27. The Kier molecular flexibility index (Phi) is 4.36. The van der Waals surface area contributed by atoms with Crippen molar-refractivity contribution in [1.29, 1.82) is 0 Å². The van der Waals surface area contributed by atoms with Crippen molar-refractivity contribution in [3.8, 4) is 0 Å². The lowest BCUT2D eigenvalue weighted by Crippen LogP contribution is -2.09. The predicted octanol–water partition coefficient (Wildman–Crippen LogP) is 3.80. The highest BCUT2D eigenvalue weighted by molar-refractivity contribution is 9.10. The third-order valence-electron chi connectivity index (χ3n) is 2.66. The van der Waals surface area contributed by atoms with Crippen molar-refractivity contribution < 1.29 is 12.8 Å². The molecule has 7 heteroatoms. The second-order valence-corrected chi connectivity index (χ2v) is 7.49. The van der Waals surface area contributed by atoms with Crippen LogP contribution in [0.3, 0.4) is 0 Å². The van der Waals surface area contributed by atoms with Crippen LogP contribution in [0.25, 0.3) is 0 Å². The molecule has 0 aliphatic rings. The number of hydrogen-bond donors (Lipinski definition) is 1. The first-order chi connectivity index (χ1) is 9.29. The van der Waals surface area contributed by atoms with Crippen molar-refractivity contribution in [1.82, 2.24) is 0 Å². The molecule has 0 aliphatic carbocycles. The topological polar surface area (TPSA) is 60.2 Å². The lowest BCUT2D eigenvalue weighted by molar-refractivity contribution is 0.587. The molecule has 0 unspecified atom stereocenters. The van der Waals surface area contributed by atoms with Gasteiger partial charge in [-0.2, -0.15) is 0 Å². The molecular formula is C13H10BrClFNO2S. The summed E-state index contributed by atoms with van der Waals surface area (Å²) in [6.07, 6.45) is 0. The van der Waals surface area contributed by atoms with Gasteiger partial charge in [0.05, 0.1) is 16.3 Å². The van der Waals surface area contributed by atoms with Gasteiger partial charge in [-0.1, -0.05) is 27.5 Å². The predicted molar refractivity (Wildman–Crippen MR) is 80.9 cm³/mol. The fourth-order valence-electron chi connectivity index (χ4n) is 1.74. The zero-order valence-electron chi connectivity index (χ0n) is 10.1. The molecule has 2 aromatic carbocycles. The summed E-state index contributed by atoms with van der Waals surface area (Å²) in [6, 6.07) is 8.23. The highest BCUT2D eigenvalue weighted by atomic mass is 79.9. The molecule has 0 aromatic heterocycles. The molecule has 0 fully saturated rings. The van der Waals surface area contributed by atoms with Gasteiger partial charge in [-0.3, -0.25) is 0 Å². The van der Waals surface area contributed by atoms with E-state index in [-0.39, 0.29) is 21.2 Å². The molecule has 2 aromatic rings. The van der Waals surface area contributed by atoms with Crippen molar-refractivity contribution in [3.63, 3.8) is 0 Å². The van der Waals surface area contributed by atoms with Gasteiger partial charge in [0, 0.05) is 15.1 Å². The van der Waals surface area contributed by atoms with Crippen LogP contribution in [0.1, 0.15) is 5.56 Å². The fraction of sp³-hybridized carbons (Fsp3) is 0.0769. The van der Waals surface area contributed by atoms with Crippen molar-refractivity contribution in [2.75, 3.05) is 5.73 Å². The summed E-state index contributed by atoms with van der Waals surface area (Å²) in [5.41, 5.74) is 5.83. The van der Waals surface area contributed by atoms with Gasteiger partial charge in [-0.15, -0.1) is 0 Å². The van der Waals surface area contributed by atoms with Gasteiger partial charge < -0.3 is 5.73 Å². The van der Waals surface area contributed by atoms with Crippen LogP contribution in [0, 0.1) is 5.82 Å². The Balaban J connectivity index is 2.43. The normalized spacial score (nSPS) is 11.6. The van der Waals surface area contributed by atoms with Gasteiger partial charge in [0.1, 0.15) is 5.82 Å². The molecule has 0 saturated heterocycles. The van der Waals surface area contributed by atoms with Gasteiger partial charge in [0.25, 0.3) is 0 Å². The maximum atomic E-state index is 13.6. The summed E-state index contributed by atoms with van der Waals surface area (Å²) in [7, 11) is -3.74. The summed E-state index contributed by atoms with van der Waals surface area (Å²) in [5.74, 6) is -1.11. The van der Waals surface area contributed by atoms with E-state index in [1.165, 1.54) is 24.3 Å². The number of halogens is 3. The number of benzene rings is 2. The fourth-order valence-corrected chi connectivity index (χ4v) is 3.79. The zero-order chi connectivity index (χ0) is 14.9. The van der Waals surface area contributed by atoms with Crippen LogP contribution in [0.15, 0.2) is 45.8 Å². The first-order valence-electron chi connectivity index (χ1n) is 5.51. The molecular weight excluding hydrogens is 369 g/mol. The Morgan fingerprint density at radius 2 is 1.90 bits per heavy atom. The third-order valence-corrected chi connectivity index (χ3v) is 5.12. The minimum absolute atomic E-state index is 0.0137. The average molecular weight is 379 g/mol. The standard InChI is InChI=1S/C13H10BrClFNO2S/c14-9-1-4-13(12(17)6-9)20(18,19)7-8-5-10(15)2-3-11(8)16/h1-6H,7,17H2. The van der Waals surface area contributed by atoms with E-state index >= 15 is 0 Å². The van der Waals surface area contributed by atoms with Crippen LogP contribution in [0.4, 0.5) is 10.1 Å². The zero-order valence-corrected chi connectivity index (χ0v) is 13.3. The summed E-state index contributed by atoms with van der Waals surface area (Å²) in [5, 5.41) is 0.278. The lowest BCUT2D eigenvalue weighted by atomic mass is 10.2. The van der Waals surface area contributed by atoms with E-state index in [0.717, 1.165) is 6.07 Å². The molecule has 2 rings (SSSR count). The lowest BCUT2D eigenvalue weighted by Gasteiger charge is -2.09.